The Kier molecular flexibility index (Phi) is 4.25. The van der Waals surface area contributed by atoms with Crippen molar-refractivity contribution in [1.82, 2.24) is 24.9 Å². The Balaban J connectivity index is 1.90. The van der Waals surface area contributed by atoms with Gasteiger partial charge in [0.15, 0.2) is 0 Å². The Hall–Kier alpha value is -1.37. The fraction of sp³-hybridized carbons (Fsp3) is 0.600. The minimum absolute atomic E-state index is 0.197. The molecule has 2 aromatic heterocycles. The molecule has 2 aromatic rings. The van der Waals surface area contributed by atoms with E-state index in [1.54, 1.807) is 4.68 Å². The SMILES string of the molecule is Cc1nn(C)c(Cl)c1CN1CCOC[C@H]1c1c(C)n[nH]c1C. The number of ether oxygens (including phenoxy) is 1. The summed E-state index contributed by atoms with van der Waals surface area (Å²) in [5.41, 5.74) is 5.45. The highest BCUT2D eigenvalue weighted by Crippen LogP contribution is 2.31. The van der Waals surface area contributed by atoms with E-state index in [0.717, 1.165) is 42.3 Å². The number of morpholine rings is 1. The molecule has 7 heteroatoms. The van der Waals surface area contributed by atoms with Gasteiger partial charge in [0, 0.05) is 37.0 Å². The summed E-state index contributed by atoms with van der Waals surface area (Å²) in [5, 5.41) is 12.5. The molecule has 1 N–H and O–H groups in total. The van der Waals surface area contributed by atoms with E-state index in [-0.39, 0.29) is 6.04 Å². The van der Waals surface area contributed by atoms with E-state index in [1.165, 1.54) is 5.56 Å². The van der Waals surface area contributed by atoms with Gasteiger partial charge in [0.1, 0.15) is 5.15 Å². The molecule has 22 heavy (non-hydrogen) atoms. The second-order valence-corrected chi connectivity index (χ2v) is 6.25. The monoisotopic (exact) mass is 323 g/mol. The molecule has 3 rings (SSSR count). The fourth-order valence-electron chi connectivity index (χ4n) is 3.20. The highest BCUT2D eigenvalue weighted by molar-refractivity contribution is 6.30. The molecule has 0 spiro atoms. The first-order valence-electron chi connectivity index (χ1n) is 7.50. The summed E-state index contributed by atoms with van der Waals surface area (Å²) in [4.78, 5) is 2.41. The maximum absolute atomic E-state index is 6.39. The van der Waals surface area contributed by atoms with Crippen molar-refractivity contribution in [3.63, 3.8) is 0 Å². The molecular formula is C15H22ClN5O. The van der Waals surface area contributed by atoms with Crippen LogP contribution in [0.2, 0.25) is 5.15 Å². The number of H-pyrrole nitrogens is 1. The minimum Gasteiger partial charge on any atom is -0.378 e. The summed E-state index contributed by atoms with van der Waals surface area (Å²) in [6.45, 7) is 9.17. The number of rotatable bonds is 3. The lowest BCUT2D eigenvalue weighted by Gasteiger charge is -2.36. The lowest BCUT2D eigenvalue weighted by molar-refractivity contribution is -0.0132. The smallest absolute Gasteiger partial charge is 0.131 e. The number of aromatic nitrogens is 4. The second-order valence-electron chi connectivity index (χ2n) is 5.89. The van der Waals surface area contributed by atoms with Crippen LogP contribution in [0.15, 0.2) is 0 Å². The summed E-state index contributed by atoms with van der Waals surface area (Å²) in [7, 11) is 1.88. The van der Waals surface area contributed by atoms with Crippen molar-refractivity contribution in [1.29, 1.82) is 0 Å². The number of hydrogen-bond donors (Lipinski definition) is 1. The van der Waals surface area contributed by atoms with Gasteiger partial charge in [-0.1, -0.05) is 11.6 Å². The van der Waals surface area contributed by atoms with Crippen LogP contribution in [0.25, 0.3) is 0 Å². The predicted molar refractivity (Wildman–Crippen MR) is 85.0 cm³/mol. The molecule has 6 nitrogen and oxygen atoms in total. The van der Waals surface area contributed by atoms with Crippen molar-refractivity contribution in [3.05, 3.63) is 33.4 Å². The molecular weight excluding hydrogens is 302 g/mol. The second kappa shape index (κ2) is 6.02. The fourth-order valence-corrected chi connectivity index (χ4v) is 3.43. The van der Waals surface area contributed by atoms with Crippen molar-refractivity contribution in [2.75, 3.05) is 19.8 Å². The highest BCUT2D eigenvalue weighted by atomic mass is 35.5. The molecule has 0 aromatic carbocycles. The normalized spacial score (nSPS) is 19.8. The summed E-state index contributed by atoms with van der Waals surface area (Å²) in [6.07, 6.45) is 0. The van der Waals surface area contributed by atoms with Gasteiger partial charge in [0.25, 0.3) is 0 Å². The largest absolute Gasteiger partial charge is 0.378 e. The molecule has 0 amide bonds. The topological polar surface area (TPSA) is 59.0 Å². The van der Waals surface area contributed by atoms with Crippen molar-refractivity contribution in [2.24, 2.45) is 7.05 Å². The molecule has 0 aliphatic carbocycles. The summed E-state index contributed by atoms with van der Waals surface area (Å²) in [6, 6.07) is 0.197. The van der Waals surface area contributed by atoms with Gasteiger partial charge in [-0.25, -0.2) is 0 Å². The van der Waals surface area contributed by atoms with Crippen molar-refractivity contribution in [3.8, 4) is 0 Å². The number of aromatic amines is 1. The third kappa shape index (κ3) is 2.66. The molecule has 0 bridgehead atoms. The van der Waals surface area contributed by atoms with Crippen LogP contribution in [-0.2, 0) is 18.3 Å². The van der Waals surface area contributed by atoms with E-state index >= 15 is 0 Å². The molecule has 3 heterocycles. The Bertz CT molecular complexity index is 658. The molecule has 1 aliphatic rings. The Labute approximate surface area is 135 Å². The van der Waals surface area contributed by atoms with Crippen LogP contribution < -0.4 is 0 Å². The quantitative estimate of drug-likeness (QED) is 0.941. The summed E-state index contributed by atoms with van der Waals surface area (Å²) < 4.78 is 7.44. The molecule has 0 saturated carbocycles. The van der Waals surface area contributed by atoms with Crippen LogP contribution in [0.4, 0.5) is 0 Å². The molecule has 1 atom stereocenters. The van der Waals surface area contributed by atoms with Crippen LogP contribution >= 0.6 is 11.6 Å². The number of nitrogens with zero attached hydrogens (tertiary/aromatic N) is 4. The van der Waals surface area contributed by atoms with Gasteiger partial charge in [-0.3, -0.25) is 14.7 Å². The van der Waals surface area contributed by atoms with Gasteiger partial charge < -0.3 is 4.74 Å². The number of aryl methyl sites for hydroxylation is 4. The summed E-state index contributed by atoms with van der Waals surface area (Å²) >= 11 is 6.39. The number of nitrogens with one attached hydrogen (secondary N) is 1. The van der Waals surface area contributed by atoms with E-state index in [1.807, 2.05) is 20.9 Å². The average Bonchev–Trinajstić information content (AvgIpc) is 2.94. The van der Waals surface area contributed by atoms with E-state index in [2.05, 4.69) is 27.1 Å². The third-order valence-corrected chi connectivity index (χ3v) is 4.86. The summed E-state index contributed by atoms with van der Waals surface area (Å²) in [5.74, 6) is 0. The van der Waals surface area contributed by atoms with Gasteiger partial charge in [-0.2, -0.15) is 10.2 Å². The van der Waals surface area contributed by atoms with Gasteiger partial charge in [-0.15, -0.1) is 0 Å². The van der Waals surface area contributed by atoms with Crippen LogP contribution in [0.3, 0.4) is 0 Å². The van der Waals surface area contributed by atoms with E-state index in [0.29, 0.717) is 11.8 Å². The first-order valence-corrected chi connectivity index (χ1v) is 7.88. The van der Waals surface area contributed by atoms with Crippen molar-refractivity contribution >= 4 is 11.6 Å². The maximum Gasteiger partial charge on any atom is 0.131 e. The zero-order chi connectivity index (χ0) is 15.9. The van der Waals surface area contributed by atoms with Gasteiger partial charge in [0.05, 0.1) is 30.6 Å². The predicted octanol–water partition coefficient (Wildman–Crippen LogP) is 2.30. The van der Waals surface area contributed by atoms with E-state index in [4.69, 9.17) is 16.3 Å². The molecule has 120 valence electrons. The third-order valence-electron chi connectivity index (χ3n) is 4.39. The molecule has 0 radical (unpaired) electrons. The zero-order valence-electron chi connectivity index (χ0n) is 13.5. The highest BCUT2D eigenvalue weighted by Gasteiger charge is 2.30. The van der Waals surface area contributed by atoms with Gasteiger partial charge in [-0.05, 0) is 20.8 Å². The van der Waals surface area contributed by atoms with E-state index in [9.17, 15) is 0 Å². The lowest BCUT2D eigenvalue weighted by Crippen LogP contribution is -2.39. The van der Waals surface area contributed by atoms with Gasteiger partial charge in [0.2, 0.25) is 0 Å². The molecule has 0 unspecified atom stereocenters. The van der Waals surface area contributed by atoms with Gasteiger partial charge >= 0.3 is 0 Å². The first kappa shape index (κ1) is 15.5. The number of hydrogen-bond acceptors (Lipinski definition) is 4. The van der Waals surface area contributed by atoms with Crippen LogP contribution in [0.1, 0.15) is 34.3 Å². The van der Waals surface area contributed by atoms with Crippen LogP contribution in [0.5, 0.6) is 0 Å². The Morgan fingerprint density at radius 1 is 1.32 bits per heavy atom. The van der Waals surface area contributed by atoms with Crippen molar-refractivity contribution < 1.29 is 4.74 Å². The van der Waals surface area contributed by atoms with Crippen molar-refractivity contribution in [2.45, 2.75) is 33.4 Å². The van der Waals surface area contributed by atoms with Crippen LogP contribution in [-0.4, -0.2) is 44.6 Å². The van der Waals surface area contributed by atoms with E-state index < -0.39 is 0 Å². The average molecular weight is 324 g/mol. The molecule has 1 fully saturated rings. The molecule has 1 aliphatic heterocycles. The molecule has 1 saturated heterocycles. The standard InChI is InChI=1S/C15H22ClN5O/c1-9-12(15(16)20(4)19-9)7-21-5-6-22-8-13(21)14-10(2)17-18-11(14)3/h13H,5-8H2,1-4H3,(H,17,18)/t13-/m0/s1. The Morgan fingerprint density at radius 2 is 2.09 bits per heavy atom. The maximum atomic E-state index is 6.39. The van der Waals surface area contributed by atoms with Crippen LogP contribution in [0, 0.1) is 20.8 Å². The first-order chi connectivity index (χ1) is 10.5. The number of halogens is 1. The minimum atomic E-state index is 0.197. The Morgan fingerprint density at radius 3 is 2.68 bits per heavy atom. The lowest BCUT2D eigenvalue weighted by atomic mass is 10.0. The zero-order valence-corrected chi connectivity index (χ0v) is 14.2.